The number of hydrazone groups is 2. The van der Waals surface area contributed by atoms with Gasteiger partial charge in [0.15, 0.2) is 0 Å². The minimum atomic E-state index is -0.564. The summed E-state index contributed by atoms with van der Waals surface area (Å²) in [6, 6.07) is 18.6. The van der Waals surface area contributed by atoms with Crippen molar-refractivity contribution < 1.29 is 47.1 Å². The number of carbonyl (C=O) groups excluding carboxylic acids is 2. The molecule has 0 unspecified atom stereocenters. The topological polar surface area (TPSA) is 169 Å². The van der Waals surface area contributed by atoms with Gasteiger partial charge in [0.2, 0.25) is 0 Å². The van der Waals surface area contributed by atoms with Crippen LogP contribution >= 0.6 is 63.7 Å². The van der Waals surface area contributed by atoms with Crippen molar-refractivity contribution in [3.05, 3.63) is 113 Å². The molecule has 43 heavy (non-hydrogen) atoms. The van der Waals surface area contributed by atoms with E-state index < -0.39 is 11.8 Å². The summed E-state index contributed by atoms with van der Waals surface area (Å²) in [5, 5.41) is 50.1. The smallest absolute Gasteiger partial charge is 0.871 e. The van der Waals surface area contributed by atoms with Crippen molar-refractivity contribution in [1.29, 1.82) is 0 Å². The minimum Gasteiger partial charge on any atom is -0.871 e. The van der Waals surface area contributed by atoms with Crippen LogP contribution in [0.3, 0.4) is 0 Å². The van der Waals surface area contributed by atoms with Crippen molar-refractivity contribution in [3.8, 4) is 23.0 Å². The molecule has 0 atom stereocenters. The zero-order valence-corrected chi connectivity index (χ0v) is 28.6. The van der Waals surface area contributed by atoms with E-state index in [2.05, 4.69) is 84.8 Å². The molecule has 0 saturated carbocycles. The van der Waals surface area contributed by atoms with Gasteiger partial charge in [0, 0.05) is 17.9 Å². The van der Waals surface area contributed by atoms with Gasteiger partial charge in [-0.1, -0.05) is 99.5 Å². The average Bonchev–Trinajstić information content (AvgIpc) is 2.94. The molecule has 4 aromatic carbocycles. The van der Waals surface area contributed by atoms with Crippen molar-refractivity contribution in [1.82, 2.24) is 10.9 Å². The Kier molecular flexibility index (Phi) is 14.4. The molecular weight excluding hydrogens is 871 g/mol. The van der Waals surface area contributed by atoms with E-state index in [-0.39, 0.29) is 51.2 Å². The monoisotopic (exact) mass is 885 g/mol. The molecule has 225 valence electrons. The van der Waals surface area contributed by atoms with E-state index in [0.717, 1.165) is 0 Å². The van der Waals surface area contributed by atoms with Crippen LogP contribution in [0.2, 0.25) is 0 Å². The van der Waals surface area contributed by atoms with E-state index in [1.54, 1.807) is 48.5 Å². The van der Waals surface area contributed by atoms with Crippen molar-refractivity contribution in [2.24, 2.45) is 10.2 Å². The molecule has 0 aliphatic carbocycles. The molecule has 4 aromatic rings. The molecule has 0 saturated heterocycles. The molecule has 0 fully saturated rings. The number of nitrogens with one attached hydrogen (secondary N) is 2. The van der Waals surface area contributed by atoms with Gasteiger partial charge >= 0.3 is 17.1 Å². The largest absolute Gasteiger partial charge is 2.00 e. The Morgan fingerprint density at radius 3 is 1.35 bits per heavy atom. The number of phenolic OH excluding ortho intramolecular Hbond substituents is 2. The van der Waals surface area contributed by atoms with E-state index in [1.807, 2.05) is 0 Å². The number of amides is 2. The van der Waals surface area contributed by atoms with Gasteiger partial charge in [0.05, 0.1) is 23.6 Å². The van der Waals surface area contributed by atoms with E-state index in [0.29, 0.717) is 29.0 Å². The third kappa shape index (κ3) is 10.5. The fraction of sp³-hybridized carbons (Fsp3) is 0. The summed E-state index contributed by atoms with van der Waals surface area (Å²) in [6.45, 7) is 0. The minimum absolute atomic E-state index is 0. The third-order valence-electron chi connectivity index (χ3n) is 5.11. The summed E-state index contributed by atoms with van der Waals surface area (Å²) in [6.07, 6.45) is 2.49. The Labute approximate surface area is 289 Å². The maximum absolute atomic E-state index is 11.8. The number of benzene rings is 4. The fourth-order valence-electron chi connectivity index (χ4n) is 3.12. The van der Waals surface area contributed by atoms with Gasteiger partial charge in [-0.05, 0) is 59.7 Å². The number of halogens is 4. The van der Waals surface area contributed by atoms with Crippen molar-refractivity contribution >= 4 is 88.0 Å². The summed E-state index contributed by atoms with van der Waals surface area (Å²) in [4.78, 5) is 23.6. The van der Waals surface area contributed by atoms with Crippen LogP contribution in [0.4, 0.5) is 0 Å². The van der Waals surface area contributed by atoms with Crippen molar-refractivity contribution in [2.75, 3.05) is 0 Å². The maximum Gasteiger partial charge on any atom is 2.00 e. The molecule has 15 heteroatoms. The molecule has 0 aliphatic rings. The van der Waals surface area contributed by atoms with Gasteiger partial charge in [-0.2, -0.15) is 10.2 Å². The predicted molar refractivity (Wildman–Crippen MR) is 169 cm³/mol. The second-order valence-corrected chi connectivity index (χ2v) is 11.6. The zero-order valence-electron chi connectivity index (χ0n) is 21.3. The SMILES string of the molecule is O=C(N/N=C/c1cc(Br)cc(Br)c1[O-])c1ccccc1O.O=C(N/N=C\c1cc(Br)cc(Br)c1[O-])c1ccccc1O.[Cu+2]. The van der Waals surface area contributed by atoms with Gasteiger partial charge in [-0.15, -0.1) is 0 Å². The number of hydrogen-bond donors (Lipinski definition) is 4. The van der Waals surface area contributed by atoms with Gasteiger partial charge < -0.3 is 20.4 Å². The van der Waals surface area contributed by atoms with E-state index >= 15 is 0 Å². The Morgan fingerprint density at radius 1 is 0.651 bits per heavy atom. The fourth-order valence-corrected chi connectivity index (χ4v) is 5.64. The average molecular weight is 890 g/mol. The molecule has 10 nitrogen and oxygen atoms in total. The van der Waals surface area contributed by atoms with Crippen LogP contribution in [-0.4, -0.2) is 34.5 Å². The molecule has 0 bridgehead atoms. The predicted octanol–water partition coefficient (Wildman–Crippen LogP) is 5.51. The number of para-hydroxylation sites is 2. The van der Waals surface area contributed by atoms with Crippen LogP contribution in [0.25, 0.3) is 0 Å². The number of rotatable bonds is 6. The van der Waals surface area contributed by atoms with E-state index in [9.17, 15) is 30.0 Å². The summed E-state index contributed by atoms with van der Waals surface area (Å²) in [5.41, 5.74) is 5.35. The number of carbonyl (C=O) groups is 2. The van der Waals surface area contributed by atoms with Gasteiger partial charge in [0.1, 0.15) is 11.5 Å². The second-order valence-electron chi connectivity index (χ2n) is 8.04. The number of nitrogens with zero attached hydrogens (tertiary/aromatic N) is 2. The quantitative estimate of drug-likeness (QED) is 0.113. The first-order valence-corrected chi connectivity index (χ1v) is 14.7. The normalized spacial score (nSPS) is 10.5. The van der Waals surface area contributed by atoms with Crippen LogP contribution in [0.15, 0.2) is 101 Å². The molecule has 4 rings (SSSR count). The molecule has 0 aliphatic heterocycles. The molecule has 0 heterocycles. The number of aromatic hydroxyl groups is 2. The van der Waals surface area contributed by atoms with Crippen LogP contribution < -0.4 is 21.1 Å². The Balaban J connectivity index is 0.000000293. The summed E-state index contributed by atoms with van der Waals surface area (Å²) in [7, 11) is 0. The summed E-state index contributed by atoms with van der Waals surface area (Å²) in [5.74, 6) is -1.88. The first-order valence-electron chi connectivity index (χ1n) is 11.5. The molecular formula is C28H18Br4CuN4O6. The molecule has 4 N–H and O–H groups in total. The van der Waals surface area contributed by atoms with Gasteiger partial charge in [-0.25, -0.2) is 10.9 Å². The van der Waals surface area contributed by atoms with Crippen LogP contribution in [0.1, 0.15) is 31.8 Å². The van der Waals surface area contributed by atoms with E-state index in [4.69, 9.17) is 0 Å². The van der Waals surface area contributed by atoms with Crippen LogP contribution in [-0.2, 0) is 17.1 Å². The van der Waals surface area contributed by atoms with Crippen molar-refractivity contribution in [2.45, 2.75) is 0 Å². The molecule has 2 amide bonds. The van der Waals surface area contributed by atoms with Crippen LogP contribution in [0.5, 0.6) is 23.0 Å². The first-order chi connectivity index (χ1) is 20.0. The number of hydrogen-bond acceptors (Lipinski definition) is 8. The standard InChI is InChI=1S/2C14H10Br2N2O3.Cu/c2*15-9-5-8(13(20)11(16)6-9)7-17-18-14(21)10-3-1-2-4-12(10)19;/h2*1-7,19-20H,(H,18,21);/q;;+2/p-2/b17-7+;17-7-;. The first kappa shape index (κ1) is 36.0. The Hall–Kier alpha value is -3.20. The summed E-state index contributed by atoms with van der Waals surface area (Å²) >= 11 is 12.8. The Bertz CT molecular complexity index is 1560. The van der Waals surface area contributed by atoms with Crippen molar-refractivity contribution in [3.63, 3.8) is 0 Å². The maximum atomic E-state index is 11.8. The molecule has 1 radical (unpaired) electrons. The Morgan fingerprint density at radius 2 is 1.00 bits per heavy atom. The van der Waals surface area contributed by atoms with Gasteiger partial charge in [-0.3, -0.25) is 9.59 Å². The van der Waals surface area contributed by atoms with Gasteiger partial charge in [0.25, 0.3) is 11.8 Å². The zero-order chi connectivity index (χ0) is 30.8. The molecule has 0 spiro atoms. The second kappa shape index (κ2) is 17.2. The third-order valence-corrected chi connectivity index (χ3v) is 7.20. The summed E-state index contributed by atoms with van der Waals surface area (Å²) < 4.78 is 2.21. The van der Waals surface area contributed by atoms with Crippen LogP contribution in [0, 0.1) is 0 Å². The van der Waals surface area contributed by atoms with E-state index in [1.165, 1.54) is 36.7 Å². The number of phenols is 2. The molecule has 0 aromatic heterocycles.